The molecule has 1 fully saturated rings. The first kappa shape index (κ1) is 28.9. The molecule has 1 N–H and O–H groups in total. The average molecular weight is 610 g/mol. The van der Waals surface area contributed by atoms with Crippen molar-refractivity contribution < 1.29 is 18.8 Å². The molecule has 0 unspecified atom stereocenters. The highest BCUT2D eigenvalue weighted by atomic mass is 79.9. The number of hydrogen-bond donors (Lipinski definition) is 1. The maximum Gasteiger partial charge on any atom is 0.248 e. The number of carbonyl (C=O) groups is 3. The van der Waals surface area contributed by atoms with E-state index in [0.717, 1.165) is 11.1 Å². The summed E-state index contributed by atoms with van der Waals surface area (Å²) >= 11 is 3.25. The van der Waals surface area contributed by atoms with Gasteiger partial charge in [0.1, 0.15) is 40.2 Å². The van der Waals surface area contributed by atoms with Crippen LogP contribution in [-0.4, -0.2) is 65.5 Å². The van der Waals surface area contributed by atoms with Gasteiger partial charge < -0.3 is 10.2 Å². The molecule has 0 bridgehead atoms. The van der Waals surface area contributed by atoms with E-state index in [2.05, 4.69) is 41.3 Å². The summed E-state index contributed by atoms with van der Waals surface area (Å²) in [5.41, 5.74) is 0.589. The molecule has 0 spiro atoms. The summed E-state index contributed by atoms with van der Waals surface area (Å²) in [6.45, 7) is 4.05. The molecule has 10 nitrogen and oxygen atoms in total. The number of ketones is 1. The van der Waals surface area contributed by atoms with Gasteiger partial charge in [-0.15, -0.1) is 0 Å². The van der Waals surface area contributed by atoms with Gasteiger partial charge in [0.15, 0.2) is 5.78 Å². The highest BCUT2D eigenvalue weighted by molar-refractivity contribution is 9.10. The molecule has 2 atom stereocenters. The number of nitrogens with zero attached hydrogens (tertiary/aromatic N) is 6. The lowest BCUT2D eigenvalue weighted by Gasteiger charge is -2.23. The fourth-order valence-electron chi connectivity index (χ4n) is 4.73. The number of pyridine rings is 1. The molecular weight excluding hydrogens is 581 g/mol. The fourth-order valence-corrected chi connectivity index (χ4v) is 5.07. The predicted molar refractivity (Wildman–Crippen MR) is 152 cm³/mol. The molecular formula is C28H29BrFN7O3. The minimum Gasteiger partial charge on any atom is -0.326 e. The number of halogens is 2. The van der Waals surface area contributed by atoms with E-state index in [1.807, 2.05) is 12.1 Å². The summed E-state index contributed by atoms with van der Waals surface area (Å²) in [6, 6.07) is 9.40. The summed E-state index contributed by atoms with van der Waals surface area (Å²) in [4.78, 5) is 52.8. The summed E-state index contributed by atoms with van der Waals surface area (Å²) in [7, 11) is 0. The number of hydrogen-bond acceptors (Lipinski definition) is 7. The minimum atomic E-state index is -1.75. The molecule has 2 amide bonds. The standard InChI is InChI=1S/C27H25BrFN7O3.CH4/c1-15(37)25-19-9-17(18-11-30-16(2)31-12-18)7-8-20(19)36(34-25)13-24(38)35-14-27(3,29)10-21(35)26(39)33-23-6-4-5-22(28)32-23;/h4-9,11-12,21H,10,13-14H2,1-3H3,(H,32,33,39);1H4/t21-,27+;/m0./s1. The summed E-state index contributed by atoms with van der Waals surface area (Å²) in [6.07, 6.45) is 3.24. The van der Waals surface area contributed by atoms with Crippen molar-refractivity contribution in [1.29, 1.82) is 0 Å². The topological polar surface area (TPSA) is 123 Å². The number of rotatable bonds is 6. The van der Waals surface area contributed by atoms with Crippen LogP contribution in [0.5, 0.6) is 0 Å². The smallest absolute Gasteiger partial charge is 0.248 e. The summed E-state index contributed by atoms with van der Waals surface area (Å²) in [5.74, 6) is -0.362. The van der Waals surface area contributed by atoms with Crippen LogP contribution >= 0.6 is 15.9 Å². The second-order valence-electron chi connectivity index (χ2n) is 9.80. The van der Waals surface area contributed by atoms with Crippen LogP contribution in [0.25, 0.3) is 22.0 Å². The quantitative estimate of drug-likeness (QED) is 0.247. The van der Waals surface area contributed by atoms with Crippen LogP contribution in [0.15, 0.2) is 53.4 Å². The van der Waals surface area contributed by atoms with Gasteiger partial charge in [0.05, 0.1) is 12.1 Å². The monoisotopic (exact) mass is 609 g/mol. The van der Waals surface area contributed by atoms with Crippen molar-refractivity contribution in [2.45, 2.75) is 52.9 Å². The number of nitrogens with one attached hydrogen (secondary N) is 1. The van der Waals surface area contributed by atoms with E-state index in [0.29, 0.717) is 21.3 Å². The first-order valence-corrected chi connectivity index (χ1v) is 13.0. The maximum atomic E-state index is 15.1. The molecule has 1 aliphatic heterocycles. The van der Waals surface area contributed by atoms with E-state index in [-0.39, 0.29) is 44.2 Å². The summed E-state index contributed by atoms with van der Waals surface area (Å²) < 4.78 is 17.0. The first-order chi connectivity index (χ1) is 18.5. The van der Waals surface area contributed by atoms with Crippen molar-refractivity contribution in [2.75, 3.05) is 11.9 Å². The number of benzene rings is 1. The Bertz CT molecular complexity index is 1600. The lowest BCUT2D eigenvalue weighted by Crippen LogP contribution is -2.44. The highest BCUT2D eigenvalue weighted by Crippen LogP contribution is 2.32. The van der Waals surface area contributed by atoms with E-state index in [9.17, 15) is 14.4 Å². The van der Waals surface area contributed by atoms with Gasteiger partial charge in [-0.2, -0.15) is 5.10 Å². The molecule has 0 aliphatic carbocycles. The Morgan fingerprint density at radius 2 is 1.88 bits per heavy atom. The Balaban J connectivity index is 0.00000370. The Labute approximate surface area is 239 Å². The van der Waals surface area contributed by atoms with Crippen molar-refractivity contribution >= 4 is 50.2 Å². The molecule has 0 radical (unpaired) electrons. The molecule has 1 saturated heterocycles. The van der Waals surface area contributed by atoms with E-state index in [1.165, 1.54) is 23.4 Å². The largest absolute Gasteiger partial charge is 0.326 e. The molecule has 1 aromatic carbocycles. The Morgan fingerprint density at radius 3 is 2.55 bits per heavy atom. The Morgan fingerprint density at radius 1 is 1.15 bits per heavy atom. The van der Waals surface area contributed by atoms with Crippen LogP contribution in [0.3, 0.4) is 0 Å². The number of aryl methyl sites for hydroxylation is 1. The van der Waals surface area contributed by atoms with Crippen molar-refractivity contribution in [3.63, 3.8) is 0 Å². The number of amides is 2. The third-order valence-electron chi connectivity index (χ3n) is 6.57. The average Bonchev–Trinajstić information content (AvgIpc) is 3.41. The van der Waals surface area contributed by atoms with Crippen molar-refractivity contribution in [1.82, 2.24) is 29.6 Å². The van der Waals surface area contributed by atoms with Gasteiger partial charge in [0.25, 0.3) is 0 Å². The van der Waals surface area contributed by atoms with Crippen LogP contribution in [0.4, 0.5) is 10.2 Å². The molecule has 1 aliphatic rings. The summed E-state index contributed by atoms with van der Waals surface area (Å²) in [5, 5.41) is 7.65. The van der Waals surface area contributed by atoms with Gasteiger partial charge in [-0.3, -0.25) is 19.1 Å². The maximum absolute atomic E-state index is 15.1. The van der Waals surface area contributed by atoms with Gasteiger partial charge in [0.2, 0.25) is 11.8 Å². The zero-order valence-corrected chi connectivity index (χ0v) is 23.1. The van der Waals surface area contributed by atoms with Crippen molar-refractivity contribution in [3.05, 3.63) is 64.9 Å². The Hall–Kier alpha value is -4.06. The first-order valence-electron chi connectivity index (χ1n) is 12.2. The number of fused-ring (bicyclic) bond motifs is 1. The molecule has 208 valence electrons. The molecule has 4 aromatic rings. The Kier molecular flexibility index (Phi) is 8.10. The van der Waals surface area contributed by atoms with Crippen molar-refractivity contribution in [2.24, 2.45) is 0 Å². The van der Waals surface area contributed by atoms with Crippen LogP contribution in [-0.2, 0) is 16.1 Å². The van der Waals surface area contributed by atoms with Crippen LogP contribution in [0.1, 0.15) is 44.0 Å². The molecule has 40 heavy (non-hydrogen) atoms. The SMILES string of the molecule is C.CC(=O)c1nn(CC(=O)N2C[C@](C)(F)C[C@H]2C(=O)Nc2cccc(Br)n2)c2ccc(-c3cnc(C)nc3)cc12. The van der Waals surface area contributed by atoms with Gasteiger partial charge >= 0.3 is 0 Å². The van der Waals surface area contributed by atoms with Gasteiger partial charge in [0, 0.05) is 36.7 Å². The van der Waals surface area contributed by atoms with Crippen molar-refractivity contribution in [3.8, 4) is 11.1 Å². The highest BCUT2D eigenvalue weighted by Gasteiger charge is 2.46. The van der Waals surface area contributed by atoms with E-state index >= 15 is 4.39 Å². The second-order valence-corrected chi connectivity index (χ2v) is 10.6. The van der Waals surface area contributed by atoms with Crippen LogP contribution < -0.4 is 5.32 Å². The lowest BCUT2D eigenvalue weighted by molar-refractivity contribution is -0.137. The number of aromatic nitrogens is 5. The second kappa shape index (κ2) is 11.2. The number of Topliss-reactive ketones (excluding diaryl/α,β-unsaturated/α-hetero) is 1. The number of alkyl halides is 1. The van der Waals surface area contributed by atoms with E-state index in [4.69, 9.17) is 0 Å². The lowest BCUT2D eigenvalue weighted by atomic mass is 10.0. The predicted octanol–water partition coefficient (Wildman–Crippen LogP) is 4.77. The third kappa shape index (κ3) is 5.91. The molecule has 3 aromatic heterocycles. The molecule has 0 saturated carbocycles. The minimum absolute atomic E-state index is 0. The van der Waals surface area contributed by atoms with E-state index in [1.54, 1.807) is 43.6 Å². The van der Waals surface area contributed by atoms with Gasteiger partial charge in [-0.25, -0.2) is 19.3 Å². The zero-order valence-electron chi connectivity index (χ0n) is 21.5. The third-order valence-corrected chi connectivity index (χ3v) is 7.01. The number of likely N-dealkylation sites (tertiary alicyclic amines) is 1. The number of anilines is 1. The van der Waals surface area contributed by atoms with Crippen LogP contribution in [0.2, 0.25) is 0 Å². The normalized spacial score (nSPS) is 18.4. The molecule has 5 rings (SSSR count). The van der Waals surface area contributed by atoms with E-state index < -0.39 is 23.5 Å². The molecule has 4 heterocycles. The molecule has 12 heteroatoms. The fraction of sp³-hybridized carbons (Fsp3) is 0.321. The van der Waals surface area contributed by atoms with Gasteiger partial charge in [-0.05, 0) is 59.6 Å². The number of carbonyl (C=O) groups excluding carboxylic acids is 3. The van der Waals surface area contributed by atoms with Crippen LogP contribution in [0, 0.1) is 6.92 Å². The zero-order chi connectivity index (χ0) is 27.9. The van der Waals surface area contributed by atoms with Gasteiger partial charge in [-0.1, -0.05) is 19.6 Å².